The molecule has 24 heavy (non-hydrogen) atoms. The van der Waals surface area contributed by atoms with Crippen LogP contribution in [0.1, 0.15) is 23.2 Å². The zero-order chi connectivity index (χ0) is 17.7. The van der Waals surface area contributed by atoms with Gasteiger partial charge in [-0.15, -0.1) is 18.9 Å². The van der Waals surface area contributed by atoms with Crippen molar-refractivity contribution in [3.8, 4) is 12.3 Å². The van der Waals surface area contributed by atoms with Gasteiger partial charge in [0, 0.05) is 18.5 Å². The van der Waals surface area contributed by atoms with Crippen molar-refractivity contribution < 1.29 is 19.5 Å². The highest BCUT2D eigenvalue weighted by Gasteiger charge is 2.48. The number of carbonyl (C=O) groups is 3. The molecule has 1 aliphatic rings. The Labute approximate surface area is 140 Å². The number of amides is 3. The first-order valence-electron chi connectivity index (χ1n) is 7.39. The van der Waals surface area contributed by atoms with E-state index in [1.807, 2.05) is 0 Å². The van der Waals surface area contributed by atoms with Gasteiger partial charge in [0.15, 0.2) is 0 Å². The normalized spacial score (nSPS) is 20.4. The molecule has 0 bridgehead atoms. The van der Waals surface area contributed by atoms with E-state index >= 15 is 0 Å². The van der Waals surface area contributed by atoms with Gasteiger partial charge in [-0.1, -0.05) is 24.3 Å². The smallest absolute Gasteiger partial charge is 0.408 e. The van der Waals surface area contributed by atoms with Crippen molar-refractivity contribution in [2.45, 2.75) is 12.8 Å². The molecule has 0 aliphatic carbocycles. The van der Waals surface area contributed by atoms with Gasteiger partial charge in [0.25, 0.3) is 5.91 Å². The van der Waals surface area contributed by atoms with E-state index in [2.05, 4.69) is 12.5 Å². The van der Waals surface area contributed by atoms with Crippen molar-refractivity contribution in [3.63, 3.8) is 0 Å². The number of hydrogen-bond donors (Lipinski definition) is 1. The molecule has 1 aromatic carbocycles. The topological polar surface area (TPSA) is 77.9 Å². The van der Waals surface area contributed by atoms with E-state index in [9.17, 15) is 19.5 Å². The molecular weight excluding hydrogens is 308 g/mol. The van der Waals surface area contributed by atoms with Gasteiger partial charge >= 0.3 is 6.09 Å². The number of hydrogen-bond acceptors (Lipinski definition) is 3. The summed E-state index contributed by atoms with van der Waals surface area (Å²) in [6, 6.07) is 8.25. The molecule has 1 unspecified atom stereocenters. The summed E-state index contributed by atoms with van der Waals surface area (Å²) in [4.78, 5) is 39.1. The molecule has 0 spiro atoms. The van der Waals surface area contributed by atoms with E-state index < -0.39 is 23.3 Å². The predicted octanol–water partition coefficient (Wildman–Crippen LogP) is 2.19. The molecule has 1 aliphatic heterocycles. The maximum atomic E-state index is 13.0. The third kappa shape index (κ3) is 3.15. The van der Waals surface area contributed by atoms with Crippen LogP contribution in [-0.4, -0.2) is 46.0 Å². The van der Waals surface area contributed by atoms with Crippen LogP contribution in [0.4, 0.5) is 4.79 Å². The van der Waals surface area contributed by atoms with Gasteiger partial charge in [0.2, 0.25) is 5.91 Å². The van der Waals surface area contributed by atoms with Crippen LogP contribution in [0.15, 0.2) is 43.0 Å². The lowest BCUT2D eigenvalue weighted by Gasteiger charge is -2.44. The summed E-state index contributed by atoms with van der Waals surface area (Å²) < 4.78 is 0. The standard InChI is InChI=1S/C18H18N2O4/c1-3-10-18(11-4-2)12-19(17(23)24)13-20(16(18)22)15(21)14-8-6-5-7-9-14/h1,4-9H,2,10-13H2,(H,23,24). The molecule has 1 fully saturated rings. The second-order valence-electron chi connectivity index (χ2n) is 5.68. The molecule has 1 heterocycles. The third-order valence-corrected chi connectivity index (χ3v) is 4.02. The molecule has 6 heteroatoms. The first-order chi connectivity index (χ1) is 11.4. The SMILES string of the molecule is C#CCC1(CC=C)CN(C(=O)O)CN(C(=O)c2ccccc2)C1=O. The molecule has 0 radical (unpaired) electrons. The molecule has 0 aromatic heterocycles. The zero-order valence-corrected chi connectivity index (χ0v) is 13.1. The Morgan fingerprint density at radius 3 is 2.58 bits per heavy atom. The lowest BCUT2D eigenvalue weighted by molar-refractivity contribution is -0.147. The van der Waals surface area contributed by atoms with E-state index in [1.54, 1.807) is 30.3 Å². The summed E-state index contributed by atoms with van der Waals surface area (Å²) in [7, 11) is 0. The van der Waals surface area contributed by atoms with Crippen LogP contribution in [0.3, 0.4) is 0 Å². The summed E-state index contributed by atoms with van der Waals surface area (Å²) in [6.07, 6.45) is 5.92. The van der Waals surface area contributed by atoms with Gasteiger partial charge in [-0.25, -0.2) is 4.79 Å². The quantitative estimate of drug-likeness (QED) is 0.523. The van der Waals surface area contributed by atoms with Gasteiger partial charge < -0.3 is 5.11 Å². The Kier molecular flexibility index (Phi) is 5.05. The summed E-state index contributed by atoms with van der Waals surface area (Å²) >= 11 is 0. The van der Waals surface area contributed by atoms with Crippen LogP contribution in [0, 0.1) is 17.8 Å². The molecule has 3 amide bonds. The molecule has 0 saturated carbocycles. The maximum Gasteiger partial charge on any atom is 0.408 e. The van der Waals surface area contributed by atoms with E-state index in [1.165, 1.54) is 6.08 Å². The molecular formula is C18H18N2O4. The van der Waals surface area contributed by atoms with Crippen molar-refractivity contribution in [2.75, 3.05) is 13.2 Å². The van der Waals surface area contributed by atoms with Crippen molar-refractivity contribution in [1.29, 1.82) is 0 Å². The lowest BCUT2D eigenvalue weighted by atomic mass is 9.78. The average molecular weight is 326 g/mol. The summed E-state index contributed by atoms with van der Waals surface area (Å²) in [6.45, 7) is 3.25. The maximum absolute atomic E-state index is 13.0. The molecule has 1 saturated heterocycles. The first-order valence-corrected chi connectivity index (χ1v) is 7.39. The molecule has 2 rings (SSSR count). The predicted molar refractivity (Wildman–Crippen MR) is 87.9 cm³/mol. The molecule has 1 atom stereocenters. The minimum absolute atomic E-state index is 0.0280. The fourth-order valence-electron chi connectivity index (χ4n) is 2.85. The Hall–Kier alpha value is -3.07. The fourth-order valence-corrected chi connectivity index (χ4v) is 2.85. The van der Waals surface area contributed by atoms with Gasteiger partial charge in [-0.05, 0) is 18.6 Å². The fraction of sp³-hybridized carbons (Fsp3) is 0.278. The second-order valence-corrected chi connectivity index (χ2v) is 5.68. The monoisotopic (exact) mass is 326 g/mol. The third-order valence-electron chi connectivity index (χ3n) is 4.02. The van der Waals surface area contributed by atoms with Gasteiger partial charge in [-0.2, -0.15) is 0 Å². The molecule has 124 valence electrons. The highest BCUT2D eigenvalue weighted by Crippen LogP contribution is 2.35. The van der Waals surface area contributed by atoms with Gasteiger partial charge in [0.05, 0.1) is 5.41 Å². The summed E-state index contributed by atoms with van der Waals surface area (Å²) in [5, 5.41) is 9.36. The molecule has 1 aromatic rings. The Morgan fingerprint density at radius 1 is 1.38 bits per heavy atom. The van der Waals surface area contributed by atoms with Crippen LogP contribution in [-0.2, 0) is 4.79 Å². The van der Waals surface area contributed by atoms with Crippen molar-refractivity contribution in [3.05, 3.63) is 48.6 Å². The second kappa shape index (κ2) is 7.01. The van der Waals surface area contributed by atoms with Crippen LogP contribution in [0.25, 0.3) is 0 Å². The van der Waals surface area contributed by atoms with Crippen LogP contribution in [0.5, 0.6) is 0 Å². The summed E-state index contributed by atoms with van der Waals surface area (Å²) in [5.74, 6) is 1.42. The number of allylic oxidation sites excluding steroid dienone is 1. The van der Waals surface area contributed by atoms with Crippen LogP contribution in [0.2, 0.25) is 0 Å². The molecule has 6 nitrogen and oxygen atoms in total. The minimum Gasteiger partial charge on any atom is -0.465 e. The zero-order valence-electron chi connectivity index (χ0n) is 13.1. The number of nitrogens with zero attached hydrogens (tertiary/aromatic N) is 2. The number of benzene rings is 1. The average Bonchev–Trinajstić information content (AvgIpc) is 2.57. The number of terminal acetylenes is 1. The Morgan fingerprint density at radius 2 is 2.04 bits per heavy atom. The van der Waals surface area contributed by atoms with E-state index in [0.717, 1.165) is 9.80 Å². The van der Waals surface area contributed by atoms with Gasteiger partial charge in [0.1, 0.15) is 6.67 Å². The van der Waals surface area contributed by atoms with E-state index in [0.29, 0.717) is 5.56 Å². The van der Waals surface area contributed by atoms with Crippen LogP contribution >= 0.6 is 0 Å². The Bertz CT molecular complexity index is 707. The largest absolute Gasteiger partial charge is 0.465 e. The molecule has 1 N–H and O–H groups in total. The van der Waals surface area contributed by atoms with Crippen LogP contribution < -0.4 is 0 Å². The summed E-state index contributed by atoms with van der Waals surface area (Å²) in [5.41, 5.74) is -0.858. The number of imide groups is 1. The first kappa shape index (κ1) is 17.3. The number of rotatable bonds is 4. The van der Waals surface area contributed by atoms with Gasteiger partial charge in [-0.3, -0.25) is 19.4 Å². The number of carbonyl (C=O) groups excluding carboxylic acids is 2. The highest BCUT2D eigenvalue weighted by molar-refractivity contribution is 6.07. The lowest BCUT2D eigenvalue weighted by Crippen LogP contribution is -2.61. The van der Waals surface area contributed by atoms with Crippen molar-refractivity contribution in [2.24, 2.45) is 5.41 Å². The van der Waals surface area contributed by atoms with Crippen molar-refractivity contribution >= 4 is 17.9 Å². The number of carboxylic acid groups (broad SMARTS) is 1. The Balaban J connectivity index is 2.44. The van der Waals surface area contributed by atoms with E-state index in [-0.39, 0.29) is 26.1 Å². The van der Waals surface area contributed by atoms with E-state index in [4.69, 9.17) is 6.42 Å². The highest BCUT2D eigenvalue weighted by atomic mass is 16.4. The minimum atomic E-state index is -1.21. The van der Waals surface area contributed by atoms with Crippen molar-refractivity contribution in [1.82, 2.24) is 9.80 Å².